The van der Waals surface area contributed by atoms with Gasteiger partial charge in [0.15, 0.2) is 0 Å². The number of benzene rings is 3. The zero-order valence-corrected chi connectivity index (χ0v) is 21.1. The number of hydrogen-bond acceptors (Lipinski definition) is 2. The molecule has 3 unspecified atom stereocenters. The average Bonchev–Trinajstić information content (AvgIpc) is 3.43. The molecule has 1 aliphatic heterocycles. The lowest BCUT2D eigenvalue weighted by Gasteiger charge is -2.36. The van der Waals surface area contributed by atoms with Crippen LogP contribution in [0.3, 0.4) is 0 Å². The summed E-state index contributed by atoms with van der Waals surface area (Å²) in [6, 6.07) is 25.3. The molecule has 2 heterocycles. The van der Waals surface area contributed by atoms with Gasteiger partial charge in [0.2, 0.25) is 5.91 Å². The van der Waals surface area contributed by atoms with Gasteiger partial charge in [-0.05, 0) is 35.6 Å². The minimum absolute atomic E-state index is 0.00648. The molecule has 5 heteroatoms. The predicted molar refractivity (Wildman–Crippen MR) is 145 cm³/mol. The summed E-state index contributed by atoms with van der Waals surface area (Å²) in [6.45, 7) is 6.77. The van der Waals surface area contributed by atoms with Gasteiger partial charge in [-0.15, -0.1) is 0 Å². The Morgan fingerprint density at radius 1 is 0.972 bits per heavy atom. The number of H-pyrrole nitrogens is 1. The first-order chi connectivity index (χ1) is 17.6. The molecule has 0 aliphatic carbocycles. The van der Waals surface area contributed by atoms with Crippen molar-refractivity contribution in [2.45, 2.75) is 45.7 Å². The summed E-state index contributed by atoms with van der Waals surface area (Å²) in [5.74, 6) is -0.178. The van der Waals surface area contributed by atoms with Crippen LogP contribution < -0.4 is 5.32 Å². The Kier molecular flexibility index (Phi) is 6.64. The molecule has 5 rings (SSSR count). The molecule has 0 bridgehead atoms. The number of carbonyl (C=O) groups excluding carboxylic acids is 2. The average molecular weight is 480 g/mol. The molecule has 0 radical (unpaired) electrons. The number of nitrogens with zero attached hydrogens (tertiary/aromatic N) is 1. The summed E-state index contributed by atoms with van der Waals surface area (Å²) < 4.78 is 0. The first-order valence-corrected chi connectivity index (χ1v) is 12.9. The van der Waals surface area contributed by atoms with E-state index >= 15 is 0 Å². The molecule has 36 heavy (non-hydrogen) atoms. The molecular formula is C31H33N3O2. The third-order valence-electron chi connectivity index (χ3n) is 7.38. The van der Waals surface area contributed by atoms with Crippen LogP contribution in [-0.2, 0) is 4.79 Å². The number of carbonyl (C=O) groups is 2. The van der Waals surface area contributed by atoms with Gasteiger partial charge >= 0.3 is 0 Å². The number of aromatic nitrogens is 1. The zero-order chi connectivity index (χ0) is 25.2. The summed E-state index contributed by atoms with van der Waals surface area (Å²) in [5, 5.41) is 4.14. The van der Waals surface area contributed by atoms with Crippen molar-refractivity contribution in [1.29, 1.82) is 0 Å². The van der Waals surface area contributed by atoms with Gasteiger partial charge in [-0.25, -0.2) is 0 Å². The Hall–Kier alpha value is -3.86. The summed E-state index contributed by atoms with van der Waals surface area (Å²) in [6.07, 6.45) is 1.63. The van der Waals surface area contributed by atoms with Crippen molar-refractivity contribution >= 4 is 22.7 Å². The van der Waals surface area contributed by atoms with E-state index in [1.807, 2.05) is 66.4 Å². The van der Waals surface area contributed by atoms with Crippen LogP contribution in [0, 0.1) is 5.92 Å². The lowest BCUT2D eigenvalue weighted by molar-refractivity contribution is -0.127. The van der Waals surface area contributed by atoms with E-state index in [-0.39, 0.29) is 23.8 Å². The first kappa shape index (κ1) is 23.9. The van der Waals surface area contributed by atoms with Crippen LogP contribution in [0.15, 0.2) is 78.9 Å². The monoisotopic (exact) mass is 479 g/mol. The highest BCUT2D eigenvalue weighted by Crippen LogP contribution is 2.47. The van der Waals surface area contributed by atoms with Crippen molar-refractivity contribution in [2.75, 3.05) is 6.54 Å². The van der Waals surface area contributed by atoms with E-state index in [4.69, 9.17) is 0 Å². The lowest BCUT2D eigenvalue weighted by atomic mass is 9.90. The highest BCUT2D eigenvalue weighted by atomic mass is 16.2. The van der Waals surface area contributed by atoms with Crippen molar-refractivity contribution in [1.82, 2.24) is 15.2 Å². The lowest BCUT2D eigenvalue weighted by Crippen LogP contribution is -2.52. The molecule has 0 spiro atoms. The van der Waals surface area contributed by atoms with Crippen LogP contribution in [0.5, 0.6) is 0 Å². The van der Waals surface area contributed by atoms with E-state index in [2.05, 4.69) is 48.4 Å². The van der Waals surface area contributed by atoms with E-state index in [0.717, 1.165) is 46.1 Å². The second-order valence-electron chi connectivity index (χ2n) is 9.65. The molecule has 3 atom stereocenters. The normalized spacial score (nSPS) is 16.7. The second-order valence-corrected chi connectivity index (χ2v) is 9.65. The number of amides is 2. The number of para-hydroxylation sites is 1. The largest absolute Gasteiger partial charge is 0.354 e. The van der Waals surface area contributed by atoms with Gasteiger partial charge in [0.25, 0.3) is 5.91 Å². The van der Waals surface area contributed by atoms with Crippen LogP contribution in [0.2, 0.25) is 0 Å². The molecule has 3 aromatic carbocycles. The van der Waals surface area contributed by atoms with Crippen molar-refractivity contribution in [3.05, 3.63) is 95.6 Å². The van der Waals surface area contributed by atoms with E-state index in [1.165, 1.54) is 0 Å². The Balaban J connectivity index is 1.77. The standard InChI is InChI=1S/C31H33N3O2/c1-4-19-32-30(35)28(20(3)5-2)34-29(22-15-9-10-16-23(22)31(34)36)26-24-17-11-12-18-25(24)33-27(26)21-13-7-6-8-14-21/h6-18,20,28-29,33H,4-5,19H2,1-3H3,(H,32,35). The molecule has 4 aromatic rings. The van der Waals surface area contributed by atoms with Gasteiger partial charge < -0.3 is 15.2 Å². The maximum absolute atomic E-state index is 14.1. The number of hydrogen-bond donors (Lipinski definition) is 2. The third-order valence-corrected chi connectivity index (χ3v) is 7.38. The van der Waals surface area contributed by atoms with Crippen LogP contribution in [-0.4, -0.2) is 34.3 Å². The van der Waals surface area contributed by atoms with Crippen LogP contribution in [0.1, 0.15) is 61.1 Å². The van der Waals surface area contributed by atoms with E-state index in [1.54, 1.807) is 0 Å². The number of aromatic amines is 1. The smallest absolute Gasteiger partial charge is 0.255 e. The SMILES string of the molecule is CCCNC(=O)C(C(C)CC)N1C(=O)c2ccccc2C1c1c(-c2ccccc2)[nH]c2ccccc12. The maximum atomic E-state index is 14.1. The van der Waals surface area contributed by atoms with E-state index in [9.17, 15) is 9.59 Å². The molecule has 1 aliphatic rings. The summed E-state index contributed by atoms with van der Waals surface area (Å²) in [5.41, 5.74) is 5.69. The molecule has 0 fully saturated rings. The molecule has 5 nitrogen and oxygen atoms in total. The highest BCUT2D eigenvalue weighted by molar-refractivity contribution is 6.04. The predicted octanol–water partition coefficient (Wildman–Crippen LogP) is 6.32. The van der Waals surface area contributed by atoms with Gasteiger partial charge in [0.05, 0.1) is 11.7 Å². The summed E-state index contributed by atoms with van der Waals surface area (Å²) in [4.78, 5) is 33.2. The van der Waals surface area contributed by atoms with E-state index < -0.39 is 6.04 Å². The number of nitrogens with one attached hydrogen (secondary N) is 2. The van der Waals surface area contributed by atoms with Crippen LogP contribution in [0.25, 0.3) is 22.2 Å². The molecule has 2 amide bonds. The Morgan fingerprint density at radius 2 is 1.67 bits per heavy atom. The summed E-state index contributed by atoms with van der Waals surface area (Å²) >= 11 is 0. The number of fused-ring (bicyclic) bond motifs is 2. The van der Waals surface area contributed by atoms with E-state index in [0.29, 0.717) is 12.1 Å². The summed E-state index contributed by atoms with van der Waals surface area (Å²) in [7, 11) is 0. The molecule has 1 aromatic heterocycles. The van der Waals surface area contributed by atoms with Crippen LogP contribution in [0.4, 0.5) is 0 Å². The Bertz CT molecular complexity index is 1390. The molecule has 184 valence electrons. The van der Waals surface area contributed by atoms with Crippen LogP contribution >= 0.6 is 0 Å². The van der Waals surface area contributed by atoms with Gasteiger partial charge in [-0.2, -0.15) is 0 Å². The van der Waals surface area contributed by atoms with Gasteiger partial charge in [-0.1, -0.05) is 93.9 Å². The molecule has 0 saturated heterocycles. The highest BCUT2D eigenvalue weighted by Gasteiger charge is 2.46. The van der Waals surface area contributed by atoms with Crippen molar-refractivity contribution in [3.8, 4) is 11.3 Å². The van der Waals surface area contributed by atoms with Crippen molar-refractivity contribution < 1.29 is 9.59 Å². The minimum Gasteiger partial charge on any atom is -0.354 e. The minimum atomic E-state index is -0.580. The van der Waals surface area contributed by atoms with Gasteiger partial charge in [0.1, 0.15) is 6.04 Å². The fraction of sp³-hybridized carbons (Fsp3) is 0.290. The van der Waals surface area contributed by atoms with Crippen molar-refractivity contribution in [2.24, 2.45) is 5.92 Å². The maximum Gasteiger partial charge on any atom is 0.255 e. The van der Waals surface area contributed by atoms with Gasteiger partial charge in [-0.3, -0.25) is 9.59 Å². The Labute approximate surface area is 212 Å². The third kappa shape index (κ3) is 3.98. The quantitative estimate of drug-likeness (QED) is 0.311. The molecular weight excluding hydrogens is 446 g/mol. The first-order valence-electron chi connectivity index (χ1n) is 12.9. The fourth-order valence-corrected chi connectivity index (χ4v) is 5.43. The fourth-order valence-electron chi connectivity index (χ4n) is 5.43. The second kappa shape index (κ2) is 10.0. The topological polar surface area (TPSA) is 65.2 Å². The van der Waals surface area contributed by atoms with Crippen molar-refractivity contribution in [3.63, 3.8) is 0 Å². The molecule has 2 N–H and O–H groups in total. The molecule has 0 saturated carbocycles. The number of rotatable bonds is 8. The zero-order valence-electron chi connectivity index (χ0n) is 21.1. The van der Waals surface area contributed by atoms with Gasteiger partial charge in [0, 0.05) is 28.6 Å². The Morgan fingerprint density at radius 3 is 2.42 bits per heavy atom.